The summed E-state index contributed by atoms with van der Waals surface area (Å²) in [6, 6.07) is 0. The maximum Gasteiger partial charge on any atom is 0.0718 e. The fraction of sp³-hybridized carbons (Fsp3) is 0.778. The molecule has 1 rings (SSSR count). The van der Waals surface area contributed by atoms with Gasteiger partial charge in [-0.15, -0.1) is 0 Å². The van der Waals surface area contributed by atoms with Crippen molar-refractivity contribution in [2.75, 3.05) is 0 Å². The highest BCUT2D eigenvalue weighted by molar-refractivity contribution is 5.13. The summed E-state index contributed by atoms with van der Waals surface area (Å²) in [7, 11) is 0. The van der Waals surface area contributed by atoms with Gasteiger partial charge in [0.05, 0.1) is 5.60 Å². The summed E-state index contributed by atoms with van der Waals surface area (Å²) in [6.07, 6.45) is 5.93. The molecule has 0 saturated heterocycles. The van der Waals surface area contributed by atoms with Crippen molar-refractivity contribution in [1.82, 2.24) is 0 Å². The van der Waals surface area contributed by atoms with Crippen LogP contribution in [0, 0.1) is 0 Å². The van der Waals surface area contributed by atoms with Gasteiger partial charge in [-0.1, -0.05) is 25.0 Å². The summed E-state index contributed by atoms with van der Waals surface area (Å²) in [5.74, 6) is 0. The van der Waals surface area contributed by atoms with E-state index in [1.807, 2.05) is 0 Å². The zero-order valence-corrected chi connectivity index (χ0v) is 6.85. The predicted octanol–water partition coefficient (Wildman–Crippen LogP) is 2.26. The zero-order valence-electron chi connectivity index (χ0n) is 6.85. The van der Waals surface area contributed by atoms with Crippen LogP contribution in [0.2, 0.25) is 0 Å². The van der Waals surface area contributed by atoms with Crippen LogP contribution in [0.15, 0.2) is 11.6 Å². The van der Waals surface area contributed by atoms with Gasteiger partial charge in [-0.25, -0.2) is 0 Å². The van der Waals surface area contributed by atoms with Crippen molar-refractivity contribution in [2.45, 2.75) is 45.1 Å². The first-order chi connectivity index (χ1) is 4.66. The molecule has 1 heteroatoms. The lowest BCUT2D eigenvalue weighted by Gasteiger charge is -2.21. The molecule has 0 heterocycles. The van der Waals surface area contributed by atoms with E-state index in [1.165, 1.54) is 5.57 Å². The minimum atomic E-state index is -0.376. The van der Waals surface area contributed by atoms with E-state index in [2.05, 4.69) is 19.9 Å². The Labute approximate surface area is 62.8 Å². The third-order valence-corrected chi connectivity index (χ3v) is 2.15. The molecule has 58 valence electrons. The molecule has 0 aliphatic heterocycles. The first-order valence-corrected chi connectivity index (χ1v) is 4.04. The van der Waals surface area contributed by atoms with Gasteiger partial charge in [0.25, 0.3) is 0 Å². The van der Waals surface area contributed by atoms with Crippen molar-refractivity contribution in [3.63, 3.8) is 0 Å². The quantitative estimate of drug-likeness (QED) is 0.583. The Hall–Kier alpha value is -0.300. The van der Waals surface area contributed by atoms with Crippen LogP contribution in [0.25, 0.3) is 0 Å². The maximum absolute atomic E-state index is 9.81. The predicted molar refractivity (Wildman–Crippen MR) is 42.8 cm³/mol. The van der Waals surface area contributed by atoms with Crippen LogP contribution in [0.1, 0.15) is 39.5 Å². The van der Waals surface area contributed by atoms with Crippen molar-refractivity contribution in [2.24, 2.45) is 0 Å². The second-order valence-corrected chi connectivity index (χ2v) is 3.41. The maximum atomic E-state index is 9.81. The van der Waals surface area contributed by atoms with E-state index in [0.29, 0.717) is 0 Å². The van der Waals surface area contributed by atoms with Gasteiger partial charge < -0.3 is 5.11 Å². The van der Waals surface area contributed by atoms with Crippen LogP contribution in [0.3, 0.4) is 0 Å². The SMILES string of the molecule is CCCC1(O)CC=C(C)C1. The Morgan fingerprint density at radius 2 is 2.40 bits per heavy atom. The second-order valence-electron chi connectivity index (χ2n) is 3.41. The van der Waals surface area contributed by atoms with Crippen molar-refractivity contribution >= 4 is 0 Å². The van der Waals surface area contributed by atoms with Crippen LogP contribution in [0.5, 0.6) is 0 Å². The van der Waals surface area contributed by atoms with Crippen LogP contribution in [-0.2, 0) is 0 Å². The highest BCUT2D eigenvalue weighted by Gasteiger charge is 2.28. The van der Waals surface area contributed by atoms with Gasteiger partial charge in [0.15, 0.2) is 0 Å². The average molecular weight is 140 g/mol. The van der Waals surface area contributed by atoms with E-state index in [9.17, 15) is 5.11 Å². The molecular weight excluding hydrogens is 124 g/mol. The molecule has 10 heavy (non-hydrogen) atoms. The summed E-state index contributed by atoms with van der Waals surface area (Å²) >= 11 is 0. The summed E-state index contributed by atoms with van der Waals surface area (Å²) in [5.41, 5.74) is 0.967. The van der Waals surface area contributed by atoms with Gasteiger partial charge in [0.2, 0.25) is 0 Å². The Morgan fingerprint density at radius 3 is 2.80 bits per heavy atom. The number of hydrogen-bond acceptors (Lipinski definition) is 1. The summed E-state index contributed by atoms with van der Waals surface area (Å²) < 4.78 is 0. The highest BCUT2D eigenvalue weighted by Crippen LogP contribution is 2.32. The van der Waals surface area contributed by atoms with Crippen LogP contribution in [0.4, 0.5) is 0 Å². The lowest BCUT2D eigenvalue weighted by molar-refractivity contribution is 0.0426. The Bertz CT molecular complexity index is 149. The molecule has 0 radical (unpaired) electrons. The topological polar surface area (TPSA) is 20.2 Å². The van der Waals surface area contributed by atoms with E-state index in [4.69, 9.17) is 0 Å². The van der Waals surface area contributed by atoms with Crippen molar-refractivity contribution < 1.29 is 5.11 Å². The molecular formula is C9H16O. The normalized spacial score (nSPS) is 32.5. The monoisotopic (exact) mass is 140 g/mol. The van der Waals surface area contributed by atoms with Gasteiger partial charge in [-0.3, -0.25) is 0 Å². The van der Waals surface area contributed by atoms with E-state index in [0.717, 1.165) is 25.7 Å². The van der Waals surface area contributed by atoms with E-state index < -0.39 is 0 Å². The molecule has 0 fully saturated rings. The van der Waals surface area contributed by atoms with Gasteiger partial charge in [-0.05, 0) is 26.2 Å². The molecule has 0 spiro atoms. The van der Waals surface area contributed by atoms with Gasteiger partial charge >= 0.3 is 0 Å². The molecule has 1 aliphatic carbocycles. The first-order valence-electron chi connectivity index (χ1n) is 4.04. The minimum absolute atomic E-state index is 0.376. The molecule has 0 saturated carbocycles. The van der Waals surface area contributed by atoms with Crippen molar-refractivity contribution in [1.29, 1.82) is 0 Å². The molecule has 0 aromatic carbocycles. The van der Waals surface area contributed by atoms with Crippen LogP contribution >= 0.6 is 0 Å². The molecule has 1 atom stereocenters. The fourth-order valence-electron chi connectivity index (χ4n) is 1.68. The number of aliphatic hydroxyl groups is 1. The largest absolute Gasteiger partial charge is 0.389 e. The van der Waals surface area contributed by atoms with Crippen LogP contribution < -0.4 is 0 Å². The molecule has 1 nitrogen and oxygen atoms in total. The Morgan fingerprint density at radius 1 is 1.70 bits per heavy atom. The first kappa shape index (κ1) is 7.80. The van der Waals surface area contributed by atoms with E-state index in [1.54, 1.807) is 0 Å². The molecule has 1 unspecified atom stereocenters. The molecule has 0 amide bonds. The molecule has 1 aliphatic rings. The summed E-state index contributed by atoms with van der Waals surface area (Å²) in [4.78, 5) is 0. The highest BCUT2D eigenvalue weighted by atomic mass is 16.3. The van der Waals surface area contributed by atoms with Crippen molar-refractivity contribution in [3.8, 4) is 0 Å². The molecule has 1 N–H and O–H groups in total. The molecule has 0 aromatic heterocycles. The van der Waals surface area contributed by atoms with E-state index >= 15 is 0 Å². The fourth-order valence-corrected chi connectivity index (χ4v) is 1.68. The third-order valence-electron chi connectivity index (χ3n) is 2.15. The lowest BCUT2D eigenvalue weighted by Crippen LogP contribution is -2.24. The average Bonchev–Trinajstić information content (AvgIpc) is 2.12. The number of rotatable bonds is 2. The van der Waals surface area contributed by atoms with Gasteiger partial charge in [0, 0.05) is 0 Å². The Balaban J connectivity index is 2.44. The Kier molecular flexibility index (Phi) is 2.14. The smallest absolute Gasteiger partial charge is 0.0718 e. The lowest BCUT2D eigenvalue weighted by atomic mass is 9.94. The number of hydrogen-bond donors (Lipinski definition) is 1. The summed E-state index contributed by atoms with van der Waals surface area (Å²) in [6.45, 7) is 4.21. The summed E-state index contributed by atoms with van der Waals surface area (Å²) in [5, 5.41) is 9.81. The zero-order chi connectivity index (χ0) is 7.61. The van der Waals surface area contributed by atoms with Gasteiger partial charge in [0.1, 0.15) is 0 Å². The molecule has 0 bridgehead atoms. The van der Waals surface area contributed by atoms with Gasteiger partial charge in [-0.2, -0.15) is 0 Å². The molecule has 0 aromatic rings. The standard InChI is InChI=1S/C9H16O/c1-3-5-9(10)6-4-8(2)7-9/h4,10H,3,5-7H2,1-2H3. The third kappa shape index (κ3) is 1.60. The minimum Gasteiger partial charge on any atom is -0.389 e. The van der Waals surface area contributed by atoms with E-state index in [-0.39, 0.29) is 5.60 Å². The van der Waals surface area contributed by atoms with Crippen LogP contribution in [-0.4, -0.2) is 10.7 Å². The van der Waals surface area contributed by atoms with Crippen molar-refractivity contribution in [3.05, 3.63) is 11.6 Å². The second kappa shape index (κ2) is 2.75.